The molecule has 0 unspecified atom stereocenters. The van der Waals surface area contributed by atoms with Crippen LogP contribution in [0.4, 0.5) is 0 Å². The third-order valence-electron chi connectivity index (χ3n) is 2.50. The molecule has 0 aromatic rings. The van der Waals surface area contributed by atoms with E-state index in [9.17, 15) is 4.79 Å². The zero-order valence-electron chi connectivity index (χ0n) is 6.90. The molecule has 0 aromatic carbocycles. The monoisotopic (exact) mass is 171 g/mol. The van der Waals surface area contributed by atoms with Crippen molar-refractivity contribution in [3.05, 3.63) is 0 Å². The molecule has 0 aliphatic carbocycles. The fourth-order valence-electron chi connectivity index (χ4n) is 1.86. The lowest BCUT2D eigenvalue weighted by atomic mass is 9.99. The molecule has 2 fully saturated rings. The number of aliphatic hydroxyl groups excluding tert-OH is 1. The summed E-state index contributed by atoms with van der Waals surface area (Å²) in [4.78, 5) is 16.7. The molecular formula is C8H13NO3. The molecule has 2 aliphatic heterocycles. The van der Waals surface area contributed by atoms with Gasteiger partial charge in [0.05, 0.1) is 12.6 Å². The molecule has 2 heterocycles. The van der Waals surface area contributed by atoms with Gasteiger partial charge in [-0.1, -0.05) is 0 Å². The van der Waals surface area contributed by atoms with E-state index in [0.29, 0.717) is 12.8 Å². The van der Waals surface area contributed by atoms with Gasteiger partial charge in [0.2, 0.25) is 0 Å². The van der Waals surface area contributed by atoms with E-state index in [1.54, 1.807) is 5.06 Å². The average Bonchev–Trinajstić information content (AvgIpc) is 2.49. The molecule has 0 spiro atoms. The first-order valence-corrected chi connectivity index (χ1v) is 4.38. The molecule has 0 radical (unpaired) electrons. The Morgan fingerprint density at radius 1 is 1.67 bits per heavy atom. The minimum atomic E-state index is -0.156. The van der Waals surface area contributed by atoms with Crippen LogP contribution in [0.1, 0.15) is 19.3 Å². The Bertz CT molecular complexity index is 195. The quantitative estimate of drug-likeness (QED) is 0.589. The predicted octanol–water partition coefficient (Wildman–Crippen LogP) is -0.284. The highest BCUT2D eigenvalue weighted by Crippen LogP contribution is 2.26. The van der Waals surface area contributed by atoms with E-state index in [2.05, 4.69) is 0 Å². The van der Waals surface area contributed by atoms with Crippen LogP contribution < -0.4 is 0 Å². The van der Waals surface area contributed by atoms with E-state index in [1.165, 1.54) is 0 Å². The van der Waals surface area contributed by atoms with Crippen LogP contribution in [0.3, 0.4) is 0 Å². The molecule has 2 rings (SSSR count). The highest BCUT2D eigenvalue weighted by molar-refractivity contribution is 5.84. The zero-order chi connectivity index (χ0) is 8.55. The summed E-state index contributed by atoms with van der Waals surface area (Å²) in [6, 6.07) is -0.0732. The summed E-state index contributed by atoms with van der Waals surface area (Å²) in [6.45, 7) is 0.840. The van der Waals surface area contributed by atoms with Crippen molar-refractivity contribution < 1.29 is 14.7 Å². The number of Topliss-reactive ketones (excluding diaryl/α,β-unsaturated/α-hetero) is 1. The third-order valence-corrected chi connectivity index (χ3v) is 2.50. The van der Waals surface area contributed by atoms with Crippen LogP contribution in [0.5, 0.6) is 0 Å². The number of ketones is 1. The van der Waals surface area contributed by atoms with Gasteiger partial charge in [0, 0.05) is 19.4 Å². The highest BCUT2D eigenvalue weighted by Gasteiger charge is 2.39. The van der Waals surface area contributed by atoms with E-state index < -0.39 is 0 Å². The molecule has 4 heteroatoms. The first kappa shape index (κ1) is 8.16. The topological polar surface area (TPSA) is 49.8 Å². The maximum atomic E-state index is 11.3. The number of carbonyl (C=O) groups excluding carboxylic acids is 1. The fraction of sp³-hybridized carbons (Fsp3) is 0.875. The fourth-order valence-corrected chi connectivity index (χ4v) is 1.86. The summed E-state index contributed by atoms with van der Waals surface area (Å²) < 4.78 is 0. The van der Waals surface area contributed by atoms with Crippen molar-refractivity contribution in [2.45, 2.75) is 31.4 Å². The molecule has 0 bridgehead atoms. The second kappa shape index (κ2) is 3.12. The molecular weight excluding hydrogens is 158 g/mol. The number of fused-ring (bicyclic) bond motifs is 1. The van der Waals surface area contributed by atoms with Crippen LogP contribution in [0, 0.1) is 0 Å². The number of hydroxylamine groups is 2. The van der Waals surface area contributed by atoms with Crippen LogP contribution in [0.2, 0.25) is 0 Å². The molecule has 2 saturated heterocycles. The van der Waals surface area contributed by atoms with Crippen molar-refractivity contribution in [2.24, 2.45) is 0 Å². The van der Waals surface area contributed by atoms with E-state index in [-0.39, 0.29) is 24.5 Å². The van der Waals surface area contributed by atoms with Gasteiger partial charge in [0.25, 0.3) is 0 Å². The Morgan fingerprint density at radius 3 is 3.17 bits per heavy atom. The molecule has 68 valence electrons. The lowest BCUT2D eigenvalue weighted by Gasteiger charge is -2.25. The summed E-state index contributed by atoms with van der Waals surface area (Å²) in [6.07, 6.45) is 2.06. The van der Waals surface area contributed by atoms with Crippen molar-refractivity contribution >= 4 is 5.78 Å². The molecule has 0 amide bonds. The van der Waals surface area contributed by atoms with Crippen LogP contribution in [0.15, 0.2) is 0 Å². The normalized spacial score (nSPS) is 36.9. The Balaban J connectivity index is 2.04. The van der Waals surface area contributed by atoms with E-state index in [0.717, 1.165) is 13.0 Å². The summed E-state index contributed by atoms with van der Waals surface area (Å²) in [5.74, 6) is 0.261. The second-order valence-corrected chi connectivity index (χ2v) is 3.37. The number of piperidine rings is 1. The standard InChI is InChI=1S/C8H13NO3/c10-5-6-4-7-8(11)2-1-3-9(7)12-6/h6-7,10H,1-5H2/t6-,7+/m0/s1. The van der Waals surface area contributed by atoms with Gasteiger partial charge in [0.1, 0.15) is 6.10 Å². The van der Waals surface area contributed by atoms with Crippen molar-refractivity contribution in [3.8, 4) is 0 Å². The predicted molar refractivity (Wildman–Crippen MR) is 41.3 cm³/mol. The summed E-state index contributed by atoms with van der Waals surface area (Å²) in [5.41, 5.74) is 0. The Hall–Kier alpha value is -0.450. The van der Waals surface area contributed by atoms with Gasteiger partial charge in [-0.05, 0) is 6.42 Å². The first-order valence-electron chi connectivity index (χ1n) is 4.38. The van der Waals surface area contributed by atoms with Crippen LogP contribution in [0.25, 0.3) is 0 Å². The molecule has 12 heavy (non-hydrogen) atoms. The van der Waals surface area contributed by atoms with Crippen molar-refractivity contribution in [3.63, 3.8) is 0 Å². The number of rotatable bonds is 1. The maximum Gasteiger partial charge on any atom is 0.152 e. The molecule has 2 aliphatic rings. The van der Waals surface area contributed by atoms with Gasteiger partial charge in [-0.2, -0.15) is 5.06 Å². The Kier molecular flexibility index (Phi) is 2.12. The average molecular weight is 171 g/mol. The molecule has 1 N–H and O–H groups in total. The zero-order valence-corrected chi connectivity index (χ0v) is 6.90. The molecule has 0 saturated carbocycles. The van der Waals surface area contributed by atoms with Gasteiger partial charge >= 0.3 is 0 Å². The van der Waals surface area contributed by atoms with Gasteiger partial charge in [0.15, 0.2) is 5.78 Å². The largest absolute Gasteiger partial charge is 0.394 e. The molecule has 4 nitrogen and oxygen atoms in total. The Morgan fingerprint density at radius 2 is 2.50 bits per heavy atom. The number of nitrogens with zero attached hydrogens (tertiary/aromatic N) is 1. The van der Waals surface area contributed by atoms with E-state index >= 15 is 0 Å². The minimum Gasteiger partial charge on any atom is -0.394 e. The number of hydrogen-bond acceptors (Lipinski definition) is 4. The Labute approximate surface area is 71.1 Å². The summed E-state index contributed by atoms with van der Waals surface area (Å²) >= 11 is 0. The number of aliphatic hydroxyl groups is 1. The van der Waals surface area contributed by atoms with Gasteiger partial charge < -0.3 is 5.11 Å². The second-order valence-electron chi connectivity index (χ2n) is 3.37. The minimum absolute atomic E-state index is 0.0142. The SMILES string of the molecule is O=C1CCCN2O[C@H](CO)C[C@H]12. The lowest BCUT2D eigenvalue weighted by Crippen LogP contribution is -2.40. The van der Waals surface area contributed by atoms with Gasteiger partial charge in [-0.3, -0.25) is 9.63 Å². The lowest BCUT2D eigenvalue weighted by molar-refractivity contribution is -0.181. The summed E-state index contributed by atoms with van der Waals surface area (Å²) in [7, 11) is 0. The van der Waals surface area contributed by atoms with Gasteiger partial charge in [-0.15, -0.1) is 0 Å². The van der Waals surface area contributed by atoms with Gasteiger partial charge in [-0.25, -0.2) is 0 Å². The highest BCUT2D eigenvalue weighted by atomic mass is 16.7. The maximum absolute atomic E-state index is 11.3. The number of carbonyl (C=O) groups is 1. The van der Waals surface area contributed by atoms with E-state index in [4.69, 9.17) is 9.94 Å². The number of hydrogen-bond donors (Lipinski definition) is 1. The van der Waals surface area contributed by atoms with E-state index in [1.807, 2.05) is 0 Å². The molecule has 0 aromatic heterocycles. The van der Waals surface area contributed by atoms with Crippen LogP contribution in [-0.2, 0) is 9.63 Å². The third kappa shape index (κ3) is 1.26. The first-order chi connectivity index (χ1) is 5.81. The summed E-state index contributed by atoms with van der Waals surface area (Å²) in [5, 5.41) is 10.6. The molecule has 2 atom stereocenters. The van der Waals surface area contributed by atoms with Crippen molar-refractivity contribution in [1.82, 2.24) is 5.06 Å². The smallest absolute Gasteiger partial charge is 0.152 e. The van der Waals surface area contributed by atoms with Crippen LogP contribution >= 0.6 is 0 Å². The van der Waals surface area contributed by atoms with Crippen molar-refractivity contribution in [1.29, 1.82) is 0 Å². The van der Waals surface area contributed by atoms with Crippen molar-refractivity contribution in [2.75, 3.05) is 13.2 Å². The van der Waals surface area contributed by atoms with Crippen LogP contribution in [-0.4, -0.2) is 41.3 Å².